The van der Waals surface area contributed by atoms with Crippen LogP contribution in [0.2, 0.25) is 0 Å². The van der Waals surface area contributed by atoms with Crippen LogP contribution in [-0.4, -0.2) is 26.6 Å². The highest BCUT2D eigenvalue weighted by Crippen LogP contribution is 1.65. The van der Waals surface area contributed by atoms with Gasteiger partial charge in [-0.3, -0.25) is 0 Å². The van der Waals surface area contributed by atoms with Gasteiger partial charge < -0.3 is 14.3 Å². The Kier molecular flexibility index (Phi) is 3.66. The van der Waals surface area contributed by atoms with Crippen molar-refractivity contribution in [2.45, 2.75) is 0 Å². The molecule has 0 aliphatic carbocycles. The van der Waals surface area contributed by atoms with E-state index in [1.165, 1.54) is 0 Å². The van der Waals surface area contributed by atoms with Gasteiger partial charge in [-0.25, -0.2) is 4.79 Å². The quantitative estimate of drug-likeness (QED) is 0.424. The lowest BCUT2D eigenvalue weighted by atomic mass is 11.3. The van der Waals surface area contributed by atoms with E-state index in [2.05, 4.69) is 14.3 Å². The summed E-state index contributed by atoms with van der Waals surface area (Å²) in [6, 6.07) is 0. The van der Waals surface area contributed by atoms with E-state index < -0.39 is 16.1 Å². The highest BCUT2D eigenvalue weighted by atomic mass is 28.3. The lowest BCUT2D eigenvalue weighted by Crippen LogP contribution is -2.16. The van der Waals surface area contributed by atoms with E-state index in [-0.39, 0.29) is 0 Å². The first kappa shape index (κ1) is 6.66. The Balaban J connectivity index is 2.82. The van der Waals surface area contributed by atoms with Crippen LogP contribution in [0.15, 0.2) is 0 Å². The van der Waals surface area contributed by atoms with Crippen LogP contribution in [0.1, 0.15) is 0 Å². The maximum absolute atomic E-state index is 9.73. The molecule has 0 radical (unpaired) electrons. The minimum absolute atomic E-state index is 0.623. The summed E-state index contributed by atoms with van der Waals surface area (Å²) in [5.41, 5.74) is 4.59. The standard InChI is InChI=1S/CH7NO3Si2/c2-1(3)4-7-5-6/h7H2,6H3,(H2,2,3). The molecule has 0 bridgehead atoms. The van der Waals surface area contributed by atoms with Gasteiger partial charge in [0.1, 0.15) is 10.5 Å². The van der Waals surface area contributed by atoms with Crippen LogP contribution < -0.4 is 5.73 Å². The van der Waals surface area contributed by atoms with Gasteiger partial charge >= 0.3 is 16.1 Å². The molecule has 0 aromatic rings. The SMILES string of the molecule is NC(=O)O[SiH2]O[SiH3]. The number of rotatable bonds is 2. The third-order valence-corrected chi connectivity index (χ3v) is 1.66. The smallest absolute Gasteiger partial charge is 0.392 e. The summed E-state index contributed by atoms with van der Waals surface area (Å²) in [6.45, 7) is 0. The van der Waals surface area contributed by atoms with E-state index in [4.69, 9.17) is 0 Å². The van der Waals surface area contributed by atoms with Gasteiger partial charge in [-0.15, -0.1) is 0 Å². The number of carbonyl (C=O) groups is 1. The van der Waals surface area contributed by atoms with Crippen LogP contribution in [0.3, 0.4) is 0 Å². The van der Waals surface area contributed by atoms with E-state index in [9.17, 15) is 4.79 Å². The van der Waals surface area contributed by atoms with Crippen molar-refractivity contribution in [2.75, 3.05) is 0 Å². The number of nitrogens with two attached hydrogens (primary N) is 1. The second-order valence-electron chi connectivity index (χ2n) is 0.870. The fourth-order valence-electron chi connectivity index (χ4n) is 0.117. The Hall–Kier alpha value is -0.336. The molecule has 0 aromatic carbocycles. The zero-order chi connectivity index (χ0) is 5.70. The van der Waals surface area contributed by atoms with Gasteiger partial charge in [0.25, 0.3) is 0 Å². The summed E-state index contributed by atoms with van der Waals surface area (Å²) < 4.78 is 8.89. The molecule has 0 heterocycles. The molecule has 0 unspecified atom stereocenters. The third kappa shape index (κ3) is 5.66. The predicted molar refractivity (Wildman–Crippen MR) is 30.2 cm³/mol. The predicted octanol–water partition coefficient (Wildman–Crippen LogP) is -2.62. The van der Waals surface area contributed by atoms with E-state index in [1.807, 2.05) is 0 Å². The third-order valence-electron chi connectivity index (χ3n) is 0.319. The van der Waals surface area contributed by atoms with Crippen LogP contribution in [0.4, 0.5) is 4.79 Å². The number of carbonyl (C=O) groups excluding carboxylic acids is 1. The molecular weight excluding hydrogens is 130 g/mol. The second kappa shape index (κ2) is 3.84. The molecule has 0 spiro atoms. The number of hydrogen-bond acceptors (Lipinski definition) is 3. The van der Waals surface area contributed by atoms with Gasteiger partial charge in [-0.05, 0) is 0 Å². The van der Waals surface area contributed by atoms with Crippen molar-refractivity contribution < 1.29 is 13.3 Å². The van der Waals surface area contributed by atoms with E-state index in [1.54, 1.807) is 0 Å². The summed E-state index contributed by atoms with van der Waals surface area (Å²) in [6.07, 6.45) is -0.734. The molecule has 0 aliphatic rings. The van der Waals surface area contributed by atoms with Crippen molar-refractivity contribution in [1.29, 1.82) is 0 Å². The van der Waals surface area contributed by atoms with Crippen molar-refractivity contribution in [3.8, 4) is 0 Å². The molecule has 0 saturated carbocycles. The van der Waals surface area contributed by atoms with E-state index in [0.717, 1.165) is 0 Å². The van der Waals surface area contributed by atoms with Gasteiger partial charge in [0, 0.05) is 0 Å². The molecular formula is CH7NO3Si2. The minimum Gasteiger partial charge on any atom is -0.484 e. The fourth-order valence-corrected chi connectivity index (χ4v) is 0.705. The Morgan fingerprint density at radius 2 is 2.43 bits per heavy atom. The summed E-state index contributed by atoms with van der Waals surface area (Å²) in [5, 5.41) is 0. The van der Waals surface area contributed by atoms with Crippen LogP contribution in [-0.2, 0) is 8.54 Å². The Labute approximate surface area is 46.6 Å². The summed E-state index contributed by atoms with van der Waals surface area (Å²) in [4.78, 5) is 9.73. The number of amides is 1. The van der Waals surface area contributed by atoms with Crippen LogP contribution >= 0.6 is 0 Å². The molecule has 2 N–H and O–H groups in total. The normalized spacial score (nSPS) is 10.3. The van der Waals surface area contributed by atoms with Crippen LogP contribution in [0.5, 0.6) is 0 Å². The van der Waals surface area contributed by atoms with Gasteiger partial charge in [-0.2, -0.15) is 0 Å². The Bertz CT molecular complexity index is 66.0. The van der Waals surface area contributed by atoms with Gasteiger partial charge in [-0.1, -0.05) is 0 Å². The maximum atomic E-state index is 9.73. The van der Waals surface area contributed by atoms with Crippen LogP contribution in [0.25, 0.3) is 0 Å². The van der Waals surface area contributed by atoms with Crippen LogP contribution in [0, 0.1) is 0 Å². The average molecular weight is 137 g/mol. The zero-order valence-electron chi connectivity index (χ0n) is 4.01. The van der Waals surface area contributed by atoms with Crippen molar-refractivity contribution in [3.05, 3.63) is 0 Å². The summed E-state index contributed by atoms with van der Waals surface area (Å²) in [7, 11) is -0.415. The van der Waals surface area contributed by atoms with Gasteiger partial charge in [0.05, 0.1) is 0 Å². The summed E-state index contributed by atoms with van der Waals surface area (Å²) >= 11 is 0. The maximum Gasteiger partial charge on any atom is 0.392 e. The first-order chi connectivity index (χ1) is 3.27. The largest absolute Gasteiger partial charge is 0.484 e. The van der Waals surface area contributed by atoms with Gasteiger partial charge in [0.2, 0.25) is 0 Å². The first-order valence-corrected chi connectivity index (χ1v) is 3.65. The molecule has 1 amide bonds. The highest BCUT2D eigenvalue weighted by molar-refractivity contribution is 6.29. The molecule has 4 nitrogen and oxygen atoms in total. The molecule has 0 atom stereocenters. The van der Waals surface area contributed by atoms with Crippen molar-refractivity contribution in [2.24, 2.45) is 5.73 Å². The zero-order valence-corrected chi connectivity index (χ0v) is 7.42. The monoisotopic (exact) mass is 137 g/mol. The van der Waals surface area contributed by atoms with E-state index >= 15 is 0 Å². The lowest BCUT2D eigenvalue weighted by Gasteiger charge is -1.94. The number of primary amides is 1. The molecule has 0 rings (SSSR count). The van der Waals surface area contributed by atoms with Crippen molar-refractivity contribution >= 4 is 26.6 Å². The minimum atomic E-state index is -1.04. The highest BCUT2D eigenvalue weighted by Gasteiger charge is 1.87. The Morgan fingerprint density at radius 1 is 1.86 bits per heavy atom. The molecule has 42 valence electrons. The summed E-state index contributed by atoms with van der Waals surface area (Å²) in [5.74, 6) is 0. The number of hydrogen-bond donors (Lipinski definition) is 1. The van der Waals surface area contributed by atoms with E-state index in [0.29, 0.717) is 10.5 Å². The lowest BCUT2D eigenvalue weighted by molar-refractivity contribution is 0.208. The van der Waals surface area contributed by atoms with Gasteiger partial charge in [0.15, 0.2) is 0 Å². The Morgan fingerprint density at radius 3 is 2.57 bits per heavy atom. The van der Waals surface area contributed by atoms with Crippen molar-refractivity contribution in [3.63, 3.8) is 0 Å². The molecule has 7 heavy (non-hydrogen) atoms. The molecule has 0 aliphatic heterocycles. The average Bonchev–Trinajstić information content (AvgIpc) is 1.61. The second-order valence-corrected chi connectivity index (χ2v) is 3.70. The molecule has 6 heteroatoms. The topological polar surface area (TPSA) is 61.6 Å². The van der Waals surface area contributed by atoms with Crippen molar-refractivity contribution in [1.82, 2.24) is 0 Å². The first-order valence-electron chi connectivity index (χ1n) is 1.68. The molecule has 0 fully saturated rings. The molecule has 0 aromatic heterocycles. The molecule has 0 saturated heterocycles. The fraction of sp³-hybridized carbons (Fsp3) is 0.